The summed E-state index contributed by atoms with van der Waals surface area (Å²) in [6.07, 6.45) is 1.59. The molecular weight excluding hydrogens is 298 g/mol. The van der Waals surface area contributed by atoms with Gasteiger partial charge in [-0.25, -0.2) is 9.97 Å². The highest BCUT2D eigenvalue weighted by atomic mass is 79.9. The maximum atomic E-state index is 12.0. The third-order valence-electron chi connectivity index (χ3n) is 2.16. The van der Waals surface area contributed by atoms with Crippen LogP contribution in [0.5, 0.6) is 5.88 Å². The van der Waals surface area contributed by atoms with Gasteiger partial charge in [0.2, 0.25) is 5.88 Å². The van der Waals surface area contributed by atoms with E-state index in [9.17, 15) is 4.79 Å². The van der Waals surface area contributed by atoms with Crippen LogP contribution in [0.4, 0.5) is 5.69 Å². The average molecular weight is 308 g/mol. The fraction of sp³-hybridized carbons (Fsp3) is 0.0833. The molecule has 2 aromatic heterocycles. The molecule has 6 heteroatoms. The van der Waals surface area contributed by atoms with Gasteiger partial charge in [0, 0.05) is 6.20 Å². The lowest BCUT2D eigenvalue weighted by Crippen LogP contribution is -2.14. The minimum absolute atomic E-state index is 0.315. The molecule has 1 N–H and O–H groups in total. The third kappa shape index (κ3) is 2.84. The monoisotopic (exact) mass is 307 g/mol. The molecule has 0 saturated carbocycles. The molecule has 0 spiro atoms. The Labute approximate surface area is 112 Å². The predicted molar refractivity (Wildman–Crippen MR) is 70.7 cm³/mol. The van der Waals surface area contributed by atoms with E-state index >= 15 is 0 Å². The van der Waals surface area contributed by atoms with E-state index in [0.717, 1.165) is 0 Å². The molecule has 0 aliphatic heterocycles. The van der Waals surface area contributed by atoms with Gasteiger partial charge in [-0.05, 0) is 40.2 Å². The summed E-state index contributed by atoms with van der Waals surface area (Å²) >= 11 is 3.22. The van der Waals surface area contributed by atoms with Crippen molar-refractivity contribution in [2.24, 2.45) is 0 Å². The van der Waals surface area contributed by atoms with Crippen molar-refractivity contribution in [3.63, 3.8) is 0 Å². The van der Waals surface area contributed by atoms with Gasteiger partial charge >= 0.3 is 0 Å². The number of hydrogen-bond acceptors (Lipinski definition) is 4. The van der Waals surface area contributed by atoms with E-state index < -0.39 is 0 Å². The van der Waals surface area contributed by atoms with Crippen LogP contribution in [-0.2, 0) is 0 Å². The Morgan fingerprint density at radius 2 is 2.17 bits per heavy atom. The van der Waals surface area contributed by atoms with Crippen molar-refractivity contribution < 1.29 is 9.53 Å². The zero-order chi connectivity index (χ0) is 13.0. The van der Waals surface area contributed by atoms with Crippen molar-refractivity contribution in [2.75, 3.05) is 12.4 Å². The number of amides is 1. The molecule has 0 radical (unpaired) electrons. The maximum absolute atomic E-state index is 12.0. The number of ether oxygens (including phenoxy) is 1. The predicted octanol–water partition coefficient (Wildman–Crippen LogP) is 2.50. The van der Waals surface area contributed by atoms with Crippen LogP contribution in [0.2, 0.25) is 0 Å². The summed E-state index contributed by atoms with van der Waals surface area (Å²) in [6.45, 7) is 0. The Kier molecular flexibility index (Phi) is 3.88. The molecule has 0 aliphatic carbocycles. The standard InChI is InChI=1S/C12H10BrN3O2/c1-18-12-9(5-3-7-14-12)16-11(17)8-4-2-6-10(13)15-8/h2-7H,1H3,(H,16,17). The number of nitrogens with one attached hydrogen (secondary N) is 1. The third-order valence-corrected chi connectivity index (χ3v) is 2.60. The summed E-state index contributed by atoms with van der Waals surface area (Å²) in [5.74, 6) is 0.0449. The number of anilines is 1. The number of carbonyl (C=O) groups excluding carboxylic acids is 1. The molecule has 18 heavy (non-hydrogen) atoms. The van der Waals surface area contributed by atoms with Crippen molar-refractivity contribution in [3.05, 3.63) is 46.8 Å². The molecule has 0 atom stereocenters. The lowest BCUT2D eigenvalue weighted by atomic mass is 10.3. The maximum Gasteiger partial charge on any atom is 0.274 e. The van der Waals surface area contributed by atoms with Crippen molar-refractivity contribution in [3.8, 4) is 5.88 Å². The van der Waals surface area contributed by atoms with Crippen molar-refractivity contribution in [2.45, 2.75) is 0 Å². The van der Waals surface area contributed by atoms with Gasteiger partial charge in [-0.3, -0.25) is 4.79 Å². The average Bonchev–Trinajstić information content (AvgIpc) is 2.39. The molecule has 0 saturated heterocycles. The minimum atomic E-state index is -0.317. The molecule has 0 aromatic carbocycles. The van der Waals surface area contributed by atoms with Crippen LogP contribution in [0, 0.1) is 0 Å². The van der Waals surface area contributed by atoms with E-state index in [4.69, 9.17) is 4.74 Å². The second-order valence-corrected chi connectivity index (χ2v) is 4.17. The molecule has 2 rings (SSSR count). The molecule has 0 bridgehead atoms. The molecule has 2 heterocycles. The van der Waals surface area contributed by atoms with Gasteiger partial charge in [-0.1, -0.05) is 6.07 Å². The van der Waals surface area contributed by atoms with Gasteiger partial charge in [0.25, 0.3) is 5.91 Å². The summed E-state index contributed by atoms with van der Waals surface area (Å²) in [5.41, 5.74) is 0.821. The molecule has 2 aromatic rings. The highest BCUT2D eigenvalue weighted by Crippen LogP contribution is 2.20. The second kappa shape index (κ2) is 5.59. The number of hydrogen-bond donors (Lipinski definition) is 1. The number of aromatic nitrogens is 2. The molecule has 0 aliphatic rings. The summed E-state index contributed by atoms with van der Waals surface area (Å²) in [7, 11) is 1.50. The fourth-order valence-electron chi connectivity index (χ4n) is 1.37. The number of nitrogens with zero attached hydrogens (tertiary/aromatic N) is 2. The van der Waals surface area contributed by atoms with Gasteiger partial charge < -0.3 is 10.1 Å². The van der Waals surface area contributed by atoms with Crippen molar-refractivity contribution >= 4 is 27.5 Å². The smallest absolute Gasteiger partial charge is 0.274 e. The van der Waals surface area contributed by atoms with Gasteiger partial charge in [-0.15, -0.1) is 0 Å². The van der Waals surface area contributed by atoms with Crippen molar-refractivity contribution in [1.82, 2.24) is 9.97 Å². The second-order valence-electron chi connectivity index (χ2n) is 3.36. The molecule has 5 nitrogen and oxygen atoms in total. The lowest BCUT2D eigenvalue weighted by Gasteiger charge is -2.08. The van der Waals surface area contributed by atoms with Crippen LogP contribution in [0.25, 0.3) is 0 Å². The Hall–Kier alpha value is -1.95. The van der Waals surface area contributed by atoms with E-state index in [1.54, 1.807) is 36.5 Å². The van der Waals surface area contributed by atoms with Gasteiger partial charge in [-0.2, -0.15) is 0 Å². The quantitative estimate of drug-likeness (QED) is 0.885. The molecule has 0 fully saturated rings. The first kappa shape index (κ1) is 12.5. The molecule has 1 amide bonds. The van der Waals surface area contributed by atoms with Crippen LogP contribution in [0.15, 0.2) is 41.1 Å². The van der Waals surface area contributed by atoms with E-state index in [0.29, 0.717) is 21.9 Å². The zero-order valence-corrected chi connectivity index (χ0v) is 11.1. The Morgan fingerprint density at radius 3 is 2.89 bits per heavy atom. The van der Waals surface area contributed by atoms with E-state index in [2.05, 4.69) is 31.2 Å². The van der Waals surface area contributed by atoms with Gasteiger partial charge in [0.05, 0.1) is 7.11 Å². The Morgan fingerprint density at radius 1 is 1.33 bits per heavy atom. The highest BCUT2D eigenvalue weighted by molar-refractivity contribution is 9.10. The van der Waals surface area contributed by atoms with E-state index in [-0.39, 0.29) is 5.91 Å². The largest absolute Gasteiger partial charge is 0.480 e. The van der Waals surface area contributed by atoms with Crippen molar-refractivity contribution in [1.29, 1.82) is 0 Å². The first-order valence-electron chi connectivity index (χ1n) is 5.13. The summed E-state index contributed by atoms with van der Waals surface area (Å²) < 4.78 is 5.66. The van der Waals surface area contributed by atoms with Gasteiger partial charge in [0.1, 0.15) is 16.0 Å². The van der Waals surface area contributed by atoms with Crippen LogP contribution in [0.3, 0.4) is 0 Å². The summed E-state index contributed by atoms with van der Waals surface area (Å²) in [6, 6.07) is 8.55. The topological polar surface area (TPSA) is 64.1 Å². The highest BCUT2D eigenvalue weighted by Gasteiger charge is 2.11. The molecule has 92 valence electrons. The number of rotatable bonds is 3. The Balaban J connectivity index is 2.21. The number of halogens is 1. The van der Waals surface area contributed by atoms with Crippen LogP contribution in [0.1, 0.15) is 10.5 Å². The van der Waals surface area contributed by atoms with E-state index in [1.807, 2.05) is 0 Å². The van der Waals surface area contributed by atoms with Crippen LogP contribution in [-0.4, -0.2) is 23.0 Å². The Bertz CT molecular complexity index is 575. The number of carbonyl (C=O) groups is 1. The lowest BCUT2D eigenvalue weighted by molar-refractivity contribution is 0.102. The SMILES string of the molecule is COc1ncccc1NC(=O)c1cccc(Br)n1. The van der Waals surface area contributed by atoms with Gasteiger partial charge in [0.15, 0.2) is 0 Å². The first-order valence-corrected chi connectivity index (χ1v) is 5.93. The fourth-order valence-corrected chi connectivity index (χ4v) is 1.71. The zero-order valence-electron chi connectivity index (χ0n) is 9.55. The molecule has 0 unspecified atom stereocenters. The molecular formula is C12H10BrN3O2. The number of pyridine rings is 2. The van der Waals surface area contributed by atoms with Crippen LogP contribution < -0.4 is 10.1 Å². The minimum Gasteiger partial charge on any atom is -0.480 e. The summed E-state index contributed by atoms with van der Waals surface area (Å²) in [5, 5.41) is 2.70. The summed E-state index contributed by atoms with van der Waals surface area (Å²) in [4.78, 5) is 20.0. The van der Waals surface area contributed by atoms with E-state index in [1.165, 1.54) is 7.11 Å². The van der Waals surface area contributed by atoms with Crippen LogP contribution >= 0.6 is 15.9 Å². The normalized spacial score (nSPS) is 9.89. The first-order chi connectivity index (χ1) is 8.70. The number of methoxy groups -OCH3 is 1.